The fourth-order valence-corrected chi connectivity index (χ4v) is 3.52. The molecule has 0 radical (unpaired) electrons. The zero-order valence-electron chi connectivity index (χ0n) is 15.5. The number of carbonyl (C=O) groups excluding carboxylic acids is 2. The van der Waals surface area contributed by atoms with Crippen LogP contribution in [0.25, 0.3) is 0 Å². The lowest BCUT2D eigenvalue weighted by molar-refractivity contribution is -0.137. The zero-order valence-corrected chi connectivity index (χ0v) is 15.5. The normalized spacial score (nSPS) is 16.7. The second kappa shape index (κ2) is 9.36. The van der Waals surface area contributed by atoms with Crippen LogP contribution in [0.5, 0.6) is 0 Å². The Labute approximate surface area is 154 Å². The number of carbonyl (C=O) groups is 3. The lowest BCUT2D eigenvalue weighted by Crippen LogP contribution is -2.40. The molecule has 0 spiro atoms. The summed E-state index contributed by atoms with van der Waals surface area (Å²) in [5.41, 5.74) is 1.73. The van der Waals surface area contributed by atoms with Crippen molar-refractivity contribution in [3.05, 3.63) is 35.4 Å². The van der Waals surface area contributed by atoms with Crippen LogP contribution < -0.4 is 10.6 Å². The maximum atomic E-state index is 12.4. The number of hydrogen-bond donors (Lipinski definition) is 3. The Morgan fingerprint density at radius 1 is 1.12 bits per heavy atom. The van der Waals surface area contributed by atoms with Gasteiger partial charge in [-0.2, -0.15) is 0 Å². The molecule has 2 atom stereocenters. The molecular weight excluding hydrogens is 332 g/mol. The molecule has 0 heterocycles. The molecule has 0 aliphatic heterocycles. The van der Waals surface area contributed by atoms with Crippen molar-refractivity contribution < 1.29 is 19.5 Å². The van der Waals surface area contributed by atoms with E-state index in [-0.39, 0.29) is 36.6 Å². The Bertz CT molecular complexity index is 653. The number of nitrogens with one attached hydrogen (secondary N) is 2. The van der Waals surface area contributed by atoms with Crippen molar-refractivity contribution in [2.45, 2.75) is 64.5 Å². The van der Waals surface area contributed by atoms with Gasteiger partial charge in [0.2, 0.25) is 11.8 Å². The lowest BCUT2D eigenvalue weighted by Gasteiger charge is -2.21. The Morgan fingerprint density at radius 3 is 2.38 bits per heavy atom. The molecule has 0 bridgehead atoms. The molecule has 2 amide bonds. The summed E-state index contributed by atoms with van der Waals surface area (Å²) in [6, 6.07) is 6.55. The molecule has 1 aromatic carbocycles. The molecule has 1 aliphatic rings. The third kappa shape index (κ3) is 5.86. The summed E-state index contributed by atoms with van der Waals surface area (Å²) in [6.45, 7) is 3.69. The Hall–Kier alpha value is -2.37. The van der Waals surface area contributed by atoms with Gasteiger partial charge in [0.25, 0.3) is 0 Å². The first kappa shape index (κ1) is 19.9. The Balaban J connectivity index is 1.92. The largest absolute Gasteiger partial charge is 0.481 e. The van der Waals surface area contributed by atoms with Gasteiger partial charge >= 0.3 is 5.97 Å². The first-order valence-corrected chi connectivity index (χ1v) is 9.24. The monoisotopic (exact) mass is 360 g/mol. The van der Waals surface area contributed by atoms with Crippen LogP contribution in [0.4, 0.5) is 0 Å². The highest BCUT2D eigenvalue weighted by atomic mass is 16.4. The van der Waals surface area contributed by atoms with E-state index in [1.54, 1.807) is 6.92 Å². The number of amides is 2. The predicted molar refractivity (Wildman–Crippen MR) is 98.5 cm³/mol. The first-order valence-electron chi connectivity index (χ1n) is 9.24. The van der Waals surface area contributed by atoms with E-state index in [4.69, 9.17) is 5.11 Å². The minimum atomic E-state index is -0.971. The van der Waals surface area contributed by atoms with Crippen LogP contribution in [-0.2, 0) is 14.4 Å². The third-order valence-corrected chi connectivity index (χ3v) is 4.88. The molecule has 6 nitrogen and oxygen atoms in total. The van der Waals surface area contributed by atoms with Crippen LogP contribution in [0.1, 0.15) is 62.6 Å². The van der Waals surface area contributed by atoms with Crippen molar-refractivity contribution in [1.82, 2.24) is 10.6 Å². The molecule has 1 aromatic rings. The number of hydrogen-bond acceptors (Lipinski definition) is 3. The Morgan fingerprint density at radius 2 is 1.77 bits per heavy atom. The van der Waals surface area contributed by atoms with Crippen molar-refractivity contribution >= 4 is 17.8 Å². The second-order valence-electron chi connectivity index (χ2n) is 7.17. The van der Waals surface area contributed by atoms with E-state index in [0.29, 0.717) is 0 Å². The molecule has 142 valence electrons. The molecule has 2 rings (SSSR count). The minimum Gasteiger partial charge on any atom is -0.481 e. The lowest BCUT2D eigenvalue weighted by atomic mass is 9.98. The number of aryl methyl sites for hydroxylation is 1. The molecule has 1 fully saturated rings. The number of carboxylic acid groups (broad SMARTS) is 1. The molecule has 3 N–H and O–H groups in total. The van der Waals surface area contributed by atoms with Crippen LogP contribution in [0.3, 0.4) is 0 Å². The van der Waals surface area contributed by atoms with Crippen molar-refractivity contribution in [3.63, 3.8) is 0 Å². The first-order chi connectivity index (χ1) is 12.4. The number of carboxylic acids is 1. The highest BCUT2D eigenvalue weighted by Gasteiger charge is 2.25. The van der Waals surface area contributed by atoms with Gasteiger partial charge in [-0.1, -0.05) is 37.1 Å². The van der Waals surface area contributed by atoms with Gasteiger partial charge < -0.3 is 15.7 Å². The van der Waals surface area contributed by atoms with Gasteiger partial charge in [0, 0.05) is 18.4 Å². The molecular formula is C20H28N2O4. The minimum absolute atomic E-state index is 0.0174. The quantitative estimate of drug-likeness (QED) is 0.664. The maximum Gasteiger partial charge on any atom is 0.305 e. The van der Waals surface area contributed by atoms with Crippen LogP contribution >= 0.6 is 0 Å². The summed E-state index contributed by atoms with van der Waals surface area (Å²) < 4.78 is 0. The van der Waals surface area contributed by atoms with Gasteiger partial charge in [-0.15, -0.1) is 0 Å². The average Bonchev–Trinajstić information content (AvgIpc) is 3.08. The second-order valence-corrected chi connectivity index (χ2v) is 7.17. The third-order valence-electron chi connectivity index (χ3n) is 4.88. The smallest absolute Gasteiger partial charge is 0.305 e. The maximum absolute atomic E-state index is 12.4. The van der Waals surface area contributed by atoms with E-state index in [0.717, 1.165) is 36.8 Å². The summed E-state index contributed by atoms with van der Waals surface area (Å²) in [4.78, 5) is 35.7. The highest BCUT2D eigenvalue weighted by Crippen LogP contribution is 2.25. The summed E-state index contributed by atoms with van der Waals surface area (Å²) in [5.74, 6) is -1.16. The molecule has 0 saturated heterocycles. The number of aliphatic carboxylic acids is 1. The van der Waals surface area contributed by atoms with E-state index in [2.05, 4.69) is 10.6 Å². The van der Waals surface area contributed by atoms with Gasteiger partial charge in [-0.05, 0) is 37.8 Å². The SMILES string of the molecule is Cc1ccccc1C(CC(=O)O)NC(=O)CC(C)NC(=O)C1CCCC1. The summed E-state index contributed by atoms with van der Waals surface area (Å²) in [5, 5.41) is 14.9. The van der Waals surface area contributed by atoms with Crippen LogP contribution in [0.15, 0.2) is 24.3 Å². The summed E-state index contributed by atoms with van der Waals surface area (Å²) in [6.07, 6.45) is 3.94. The average molecular weight is 360 g/mol. The summed E-state index contributed by atoms with van der Waals surface area (Å²) >= 11 is 0. The fraction of sp³-hybridized carbons (Fsp3) is 0.550. The standard InChI is InChI=1S/C20H28N2O4/c1-13-7-3-6-10-16(13)17(12-19(24)25)22-18(23)11-14(2)21-20(26)15-8-4-5-9-15/h3,6-7,10,14-15,17H,4-5,8-9,11-12H2,1-2H3,(H,21,26)(H,22,23)(H,24,25). The van der Waals surface area contributed by atoms with E-state index in [9.17, 15) is 14.4 Å². The molecule has 2 unspecified atom stereocenters. The van der Waals surface area contributed by atoms with E-state index in [1.807, 2.05) is 31.2 Å². The topological polar surface area (TPSA) is 95.5 Å². The van der Waals surface area contributed by atoms with Gasteiger partial charge in [0.15, 0.2) is 0 Å². The van der Waals surface area contributed by atoms with Crippen molar-refractivity contribution in [2.24, 2.45) is 5.92 Å². The fourth-order valence-electron chi connectivity index (χ4n) is 3.52. The molecule has 1 aliphatic carbocycles. The van der Waals surface area contributed by atoms with Crippen molar-refractivity contribution in [3.8, 4) is 0 Å². The van der Waals surface area contributed by atoms with E-state index in [1.165, 1.54) is 0 Å². The number of benzene rings is 1. The molecule has 0 aromatic heterocycles. The molecule has 26 heavy (non-hydrogen) atoms. The van der Waals surface area contributed by atoms with E-state index < -0.39 is 12.0 Å². The number of rotatable bonds is 8. The van der Waals surface area contributed by atoms with Crippen LogP contribution in [0, 0.1) is 12.8 Å². The summed E-state index contributed by atoms with van der Waals surface area (Å²) in [7, 11) is 0. The van der Waals surface area contributed by atoms with Crippen molar-refractivity contribution in [1.29, 1.82) is 0 Å². The predicted octanol–water partition coefficient (Wildman–Crippen LogP) is 2.71. The zero-order chi connectivity index (χ0) is 19.1. The van der Waals surface area contributed by atoms with Crippen LogP contribution in [0.2, 0.25) is 0 Å². The Kier molecular flexibility index (Phi) is 7.18. The molecule has 1 saturated carbocycles. The van der Waals surface area contributed by atoms with Gasteiger partial charge in [-0.25, -0.2) is 0 Å². The van der Waals surface area contributed by atoms with Gasteiger partial charge in [-0.3, -0.25) is 14.4 Å². The van der Waals surface area contributed by atoms with Gasteiger partial charge in [0.1, 0.15) is 0 Å². The van der Waals surface area contributed by atoms with Crippen molar-refractivity contribution in [2.75, 3.05) is 0 Å². The highest BCUT2D eigenvalue weighted by molar-refractivity contribution is 5.81. The van der Waals surface area contributed by atoms with Gasteiger partial charge in [0.05, 0.1) is 12.5 Å². The van der Waals surface area contributed by atoms with E-state index >= 15 is 0 Å². The molecule has 6 heteroatoms. The van der Waals surface area contributed by atoms with Crippen LogP contribution in [-0.4, -0.2) is 28.9 Å².